The standard InChI is InChI=1S/C23H32Cl2N4O4.C21H26Cl2N4O3.C18H24Cl2N4O2/c1-23(2,3)33-22(30)27-15-9-7-6-8-13(15)16-10-19(29-28-16)26-12-14-20(24)17(31-4)11-18(32-5)21(14)25;1-4-19(28)25-14-8-6-5-7-12(14)15-9-18(27-26-15)24-11-13-20(22)16(29-2)10-17(30-3)21(13)23;1-25-14-8-15(26-2)18(20)11(17(14)19)9-22-16-7-13(23-24-16)10-5-3-4-6-12(10)21/h10-11,13,15H,6-9,12H2,1-5H3,(H,27,30)(H2,26,28,29);4,9-10,12,14H,1,5-8,11H2,2-3H3,(H,25,28)(H2,24,26,27);7-8,10,12H,3-6,9,21H2,1-2H3,(H2,22,23,24)/t13-,15-;12-,14-;10-,12-/m111/s1. The Balaban J connectivity index is 0.000000191. The fraction of sp³-hybridized carbons (Fsp3) is 0.500. The molecule has 3 aliphatic carbocycles. The SMILES string of the molecule is C=CC(=O)N[C@@H]1CCCC[C@H]1c1cc(NCc2c(Cl)c(OC)cc(OC)c2Cl)n[nH]1.COc1cc(OC)c(Cl)c(CNc2cc([C@@H]3CCCC[C@H]3N)[nH]n2)c1Cl.COc1cc(OC)c(Cl)c(CNc2cc([C@@H]3CCCC[C@H]3NC(=O)OC(C)(C)C)[nH]n2)c1Cl. The molecule has 0 spiro atoms. The van der Waals surface area contributed by atoms with E-state index >= 15 is 0 Å². The van der Waals surface area contributed by atoms with Gasteiger partial charge in [0.1, 0.15) is 57.6 Å². The number of anilines is 3. The number of carbonyl (C=O) groups excluding carboxylic acids is 2. The van der Waals surface area contributed by atoms with Crippen LogP contribution in [0, 0.1) is 0 Å². The molecular weight excluding hydrogens is 1270 g/mol. The number of hydrogen-bond acceptors (Lipinski definition) is 16. The van der Waals surface area contributed by atoms with Crippen molar-refractivity contribution in [2.24, 2.45) is 5.73 Å². The van der Waals surface area contributed by atoms with Gasteiger partial charge in [0, 0.05) is 126 Å². The number of rotatable bonds is 21. The molecule has 21 nitrogen and oxygen atoms in total. The molecule has 6 atom stereocenters. The molecule has 3 aromatic heterocycles. The monoisotopic (exact) mass is 1350 g/mol. The molecule has 0 bridgehead atoms. The fourth-order valence-electron chi connectivity index (χ4n) is 11.3. The van der Waals surface area contributed by atoms with E-state index in [1.807, 2.05) is 39.0 Å². The number of H-pyrrole nitrogens is 3. The number of hydrogen-bond donors (Lipinski definition) is 9. The number of methoxy groups -OCH3 is 6. The third-order valence-corrected chi connectivity index (χ3v) is 18.4. The van der Waals surface area contributed by atoms with Crippen LogP contribution in [0.3, 0.4) is 0 Å². The molecule has 27 heteroatoms. The molecule has 0 radical (unpaired) electrons. The van der Waals surface area contributed by atoms with Crippen molar-refractivity contribution >= 4 is 99.1 Å². The molecule has 3 fully saturated rings. The molecule has 9 rings (SSSR count). The minimum Gasteiger partial charge on any atom is -0.495 e. The largest absolute Gasteiger partial charge is 0.495 e. The van der Waals surface area contributed by atoms with Crippen molar-refractivity contribution in [3.63, 3.8) is 0 Å². The molecule has 3 aliphatic rings. The topological polar surface area (TPSA) is 271 Å². The number of ether oxygens (including phenoxy) is 7. The summed E-state index contributed by atoms with van der Waals surface area (Å²) in [6.45, 7) is 10.2. The Morgan fingerprint density at radius 2 is 0.809 bits per heavy atom. The Morgan fingerprint density at radius 3 is 1.12 bits per heavy atom. The molecule has 0 saturated heterocycles. The number of aromatic nitrogens is 6. The minimum atomic E-state index is -0.537. The lowest BCUT2D eigenvalue weighted by Gasteiger charge is -2.32. The van der Waals surface area contributed by atoms with Crippen LogP contribution in [0.1, 0.15) is 149 Å². The van der Waals surface area contributed by atoms with Crippen molar-refractivity contribution < 1.29 is 42.7 Å². The fourth-order valence-corrected chi connectivity index (χ4v) is 13.2. The van der Waals surface area contributed by atoms with Crippen LogP contribution in [0.15, 0.2) is 49.1 Å². The van der Waals surface area contributed by atoms with Gasteiger partial charge in [-0.1, -0.05) is 115 Å². The molecule has 3 heterocycles. The van der Waals surface area contributed by atoms with Gasteiger partial charge in [0.15, 0.2) is 0 Å². The second-order valence-corrected chi connectivity index (χ2v) is 25.0. The van der Waals surface area contributed by atoms with E-state index in [1.165, 1.54) is 47.4 Å². The van der Waals surface area contributed by atoms with Gasteiger partial charge in [-0.25, -0.2) is 4.79 Å². The van der Waals surface area contributed by atoms with Crippen LogP contribution < -0.4 is 60.7 Å². The molecule has 3 saturated carbocycles. The first-order valence-electron chi connectivity index (χ1n) is 29.5. The van der Waals surface area contributed by atoms with Crippen molar-refractivity contribution in [2.75, 3.05) is 58.6 Å². The van der Waals surface area contributed by atoms with Gasteiger partial charge in [-0.3, -0.25) is 20.1 Å². The lowest BCUT2D eigenvalue weighted by Crippen LogP contribution is -2.43. The van der Waals surface area contributed by atoms with Gasteiger partial charge >= 0.3 is 6.09 Å². The molecule has 89 heavy (non-hydrogen) atoms. The van der Waals surface area contributed by atoms with E-state index in [0.29, 0.717) is 119 Å². The highest BCUT2D eigenvalue weighted by Crippen LogP contribution is 2.44. The smallest absolute Gasteiger partial charge is 0.407 e. The van der Waals surface area contributed by atoms with Gasteiger partial charge < -0.3 is 65.5 Å². The maximum atomic E-state index is 12.3. The van der Waals surface area contributed by atoms with Crippen molar-refractivity contribution in [3.05, 3.63) is 113 Å². The van der Waals surface area contributed by atoms with Gasteiger partial charge in [0.25, 0.3) is 0 Å². The molecule has 10 N–H and O–H groups in total. The van der Waals surface area contributed by atoms with Crippen LogP contribution in [0.5, 0.6) is 34.5 Å². The van der Waals surface area contributed by atoms with Crippen molar-refractivity contribution in [1.82, 2.24) is 41.2 Å². The lowest BCUT2D eigenvalue weighted by atomic mass is 9.82. The summed E-state index contributed by atoms with van der Waals surface area (Å²) in [5, 5.41) is 40.9. The van der Waals surface area contributed by atoms with Gasteiger partial charge in [0.2, 0.25) is 5.91 Å². The first-order chi connectivity index (χ1) is 42.6. The Hall–Kier alpha value is -6.33. The van der Waals surface area contributed by atoms with Crippen molar-refractivity contribution in [1.29, 1.82) is 0 Å². The van der Waals surface area contributed by atoms with Crippen LogP contribution >= 0.6 is 69.6 Å². The van der Waals surface area contributed by atoms with Gasteiger partial charge in [0.05, 0.1) is 72.8 Å². The summed E-state index contributed by atoms with van der Waals surface area (Å²) in [7, 11) is 9.27. The number of carbonyl (C=O) groups is 2. The molecule has 3 aromatic carbocycles. The summed E-state index contributed by atoms with van der Waals surface area (Å²) in [5.41, 5.74) is 10.7. The summed E-state index contributed by atoms with van der Waals surface area (Å²) >= 11 is 38.6. The highest BCUT2D eigenvalue weighted by Gasteiger charge is 2.33. The Labute approximate surface area is 550 Å². The average molecular weight is 1350 g/mol. The Kier molecular flexibility index (Phi) is 26.1. The number of nitrogens with two attached hydrogens (primary N) is 1. The van der Waals surface area contributed by atoms with Gasteiger partial charge in [-0.05, 0) is 65.4 Å². The lowest BCUT2D eigenvalue weighted by molar-refractivity contribution is -0.117. The number of aromatic amines is 3. The number of halogens is 6. The second kappa shape index (κ2) is 33.1. The number of amides is 2. The summed E-state index contributed by atoms with van der Waals surface area (Å²) in [6, 6.07) is 11.1. The Morgan fingerprint density at radius 1 is 0.506 bits per heavy atom. The molecular formula is C62H82Cl6N12O9. The average Bonchev–Trinajstić information content (AvgIpc) is 2.25. The molecule has 486 valence electrons. The van der Waals surface area contributed by atoms with E-state index in [0.717, 1.165) is 87.1 Å². The Bertz CT molecular complexity index is 3250. The molecule has 2 amide bonds. The summed E-state index contributed by atoms with van der Waals surface area (Å²) in [6.07, 6.45) is 13.6. The first kappa shape index (κ1) is 70.1. The summed E-state index contributed by atoms with van der Waals surface area (Å²) in [4.78, 5) is 24.1. The van der Waals surface area contributed by atoms with E-state index < -0.39 is 11.7 Å². The van der Waals surface area contributed by atoms with Crippen LogP contribution in [-0.2, 0) is 29.2 Å². The summed E-state index contributed by atoms with van der Waals surface area (Å²) in [5.74, 6) is 5.49. The number of nitrogens with one attached hydrogen (secondary N) is 8. The first-order valence-corrected chi connectivity index (χ1v) is 31.7. The summed E-state index contributed by atoms with van der Waals surface area (Å²) < 4.78 is 37.3. The molecule has 6 aromatic rings. The van der Waals surface area contributed by atoms with E-state index in [9.17, 15) is 9.59 Å². The van der Waals surface area contributed by atoms with Crippen LogP contribution in [0.4, 0.5) is 22.2 Å². The zero-order valence-electron chi connectivity index (χ0n) is 51.7. The minimum absolute atomic E-state index is 0.0200. The van der Waals surface area contributed by atoms with Crippen LogP contribution in [-0.4, -0.2) is 109 Å². The number of alkyl carbamates (subject to hydrolysis) is 1. The number of nitrogens with zero attached hydrogens (tertiary/aromatic N) is 3. The zero-order chi connectivity index (χ0) is 64.5. The third-order valence-electron chi connectivity index (χ3n) is 15.9. The maximum Gasteiger partial charge on any atom is 0.407 e. The van der Waals surface area contributed by atoms with E-state index in [4.69, 9.17) is 108 Å². The quantitative estimate of drug-likeness (QED) is 0.0303. The molecule has 0 unspecified atom stereocenters. The second-order valence-electron chi connectivity index (χ2n) is 22.8. The normalized spacial score (nSPS) is 19.0. The zero-order valence-corrected chi connectivity index (χ0v) is 56.2. The highest BCUT2D eigenvalue weighted by molar-refractivity contribution is 6.39. The van der Waals surface area contributed by atoms with Crippen molar-refractivity contribution in [3.8, 4) is 34.5 Å². The van der Waals surface area contributed by atoms with E-state index in [2.05, 4.69) is 63.8 Å². The van der Waals surface area contributed by atoms with Crippen molar-refractivity contribution in [2.45, 2.75) is 159 Å². The van der Waals surface area contributed by atoms with E-state index in [1.54, 1.807) is 32.4 Å². The number of benzene rings is 3. The van der Waals surface area contributed by atoms with Crippen LogP contribution in [0.25, 0.3) is 0 Å². The van der Waals surface area contributed by atoms with E-state index in [-0.39, 0.29) is 35.9 Å². The van der Waals surface area contributed by atoms with Gasteiger partial charge in [-0.2, -0.15) is 15.3 Å². The predicted octanol–water partition coefficient (Wildman–Crippen LogP) is 14.9. The molecule has 0 aliphatic heterocycles. The van der Waals surface area contributed by atoms with Crippen LogP contribution in [0.2, 0.25) is 30.1 Å². The predicted molar refractivity (Wildman–Crippen MR) is 353 cm³/mol. The maximum absolute atomic E-state index is 12.3. The van der Waals surface area contributed by atoms with Gasteiger partial charge in [-0.15, -0.1) is 0 Å². The third kappa shape index (κ3) is 18.4. The highest BCUT2D eigenvalue weighted by atomic mass is 35.5.